The number of anilines is 2. The third-order valence-corrected chi connectivity index (χ3v) is 4.16. The predicted molar refractivity (Wildman–Crippen MR) is 117 cm³/mol. The first-order valence-electron chi connectivity index (χ1n) is 9.52. The van der Waals surface area contributed by atoms with Gasteiger partial charge in [-0.25, -0.2) is 4.99 Å². The monoisotopic (exact) mass is 408 g/mol. The molecule has 0 radical (unpaired) electrons. The van der Waals surface area contributed by atoms with E-state index in [-0.39, 0.29) is 24.2 Å². The molecule has 0 aromatic heterocycles. The third kappa shape index (κ3) is 5.81. The quantitative estimate of drug-likeness (QED) is 0.429. The first-order valence-corrected chi connectivity index (χ1v) is 9.52. The Hall–Kier alpha value is -3.88. The zero-order valence-corrected chi connectivity index (χ0v) is 16.8. The third-order valence-electron chi connectivity index (χ3n) is 4.16. The van der Waals surface area contributed by atoms with Crippen molar-refractivity contribution in [3.05, 3.63) is 54.1 Å². The number of carbonyl (C=O) groups excluding carboxylic acids is 2. The summed E-state index contributed by atoms with van der Waals surface area (Å²) in [5.74, 6) is 0.128. The minimum absolute atomic E-state index is 0.0662. The number of nitrogens with zero attached hydrogens (tertiary/aromatic N) is 2. The summed E-state index contributed by atoms with van der Waals surface area (Å²) in [7, 11) is 0. The normalized spacial score (nSPS) is 15.9. The number of nitrogens with one attached hydrogen (secondary N) is 3. The van der Waals surface area contributed by atoms with Gasteiger partial charge in [0.1, 0.15) is 11.8 Å². The van der Waals surface area contributed by atoms with E-state index in [1.54, 1.807) is 24.3 Å². The molecule has 1 aliphatic heterocycles. The van der Waals surface area contributed by atoms with Crippen LogP contribution in [0.25, 0.3) is 0 Å². The van der Waals surface area contributed by atoms with Crippen molar-refractivity contribution in [2.75, 3.05) is 17.2 Å². The van der Waals surface area contributed by atoms with Crippen LogP contribution in [-0.2, 0) is 9.59 Å². The lowest BCUT2D eigenvalue weighted by molar-refractivity contribution is -0.123. The van der Waals surface area contributed by atoms with Gasteiger partial charge in [0.2, 0.25) is 17.8 Å². The molecule has 1 unspecified atom stereocenters. The molecule has 5 N–H and O–H groups in total. The van der Waals surface area contributed by atoms with E-state index in [0.717, 1.165) is 17.0 Å². The molecule has 9 nitrogen and oxygen atoms in total. The second-order valence-corrected chi connectivity index (χ2v) is 6.66. The zero-order chi connectivity index (χ0) is 21.5. The molecule has 0 saturated carbocycles. The topological polar surface area (TPSA) is 130 Å². The van der Waals surface area contributed by atoms with Gasteiger partial charge in [-0.2, -0.15) is 4.99 Å². The van der Waals surface area contributed by atoms with Crippen LogP contribution in [0.3, 0.4) is 0 Å². The number of hydrogen-bond acceptors (Lipinski definition) is 5. The number of aryl methyl sites for hydroxylation is 1. The van der Waals surface area contributed by atoms with Gasteiger partial charge in [0.15, 0.2) is 0 Å². The summed E-state index contributed by atoms with van der Waals surface area (Å²) in [5, 5.41) is 8.20. The van der Waals surface area contributed by atoms with Crippen molar-refractivity contribution in [3.63, 3.8) is 0 Å². The van der Waals surface area contributed by atoms with Crippen molar-refractivity contribution in [2.45, 2.75) is 26.3 Å². The summed E-state index contributed by atoms with van der Waals surface area (Å²) < 4.78 is 5.36. The van der Waals surface area contributed by atoms with Gasteiger partial charge in [0, 0.05) is 11.4 Å². The lowest BCUT2D eigenvalue weighted by Gasteiger charge is -2.08. The summed E-state index contributed by atoms with van der Waals surface area (Å²) in [6.45, 7) is 4.42. The van der Waals surface area contributed by atoms with Crippen LogP contribution in [-0.4, -0.2) is 36.4 Å². The van der Waals surface area contributed by atoms with Gasteiger partial charge in [-0.05, 0) is 55.8 Å². The van der Waals surface area contributed by atoms with Gasteiger partial charge in [-0.3, -0.25) is 14.9 Å². The molecule has 2 aromatic carbocycles. The fourth-order valence-corrected chi connectivity index (χ4v) is 2.83. The SMILES string of the molecule is CCOc1ccc(NC(=O)CC2N=C(/N=C(\N)Nc3cccc(C)c3)NC2=O)cc1. The minimum Gasteiger partial charge on any atom is -0.494 e. The van der Waals surface area contributed by atoms with Gasteiger partial charge < -0.3 is 21.1 Å². The molecular weight excluding hydrogens is 384 g/mol. The molecule has 30 heavy (non-hydrogen) atoms. The second-order valence-electron chi connectivity index (χ2n) is 6.66. The predicted octanol–water partition coefficient (Wildman–Crippen LogP) is 2.00. The molecule has 0 saturated heterocycles. The maximum absolute atomic E-state index is 12.3. The van der Waals surface area contributed by atoms with Crippen LogP contribution in [0.15, 0.2) is 58.5 Å². The van der Waals surface area contributed by atoms with Gasteiger partial charge in [0.05, 0.1) is 13.0 Å². The van der Waals surface area contributed by atoms with E-state index in [0.29, 0.717) is 12.3 Å². The fourth-order valence-electron chi connectivity index (χ4n) is 2.83. The van der Waals surface area contributed by atoms with E-state index >= 15 is 0 Å². The molecule has 0 aliphatic carbocycles. The Kier molecular flexibility index (Phi) is 6.63. The first kappa shape index (κ1) is 20.8. The molecule has 0 fully saturated rings. The fraction of sp³-hybridized carbons (Fsp3) is 0.238. The Labute approximate surface area is 174 Å². The van der Waals surface area contributed by atoms with E-state index < -0.39 is 11.9 Å². The molecule has 1 atom stereocenters. The van der Waals surface area contributed by atoms with Crippen LogP contribution in [0, 0.1) is 6.92 Å². The molecule has 1 aliphatic rings. The number of aliphatic imine (C=N–C) groups is 2. The van der Waals surface area contributed by atoms with Crippen molar-refractivity contribution in [1.82, 2.24) is 5.32 Å². The summed E-state index contributed by atoms with van der Waals surface area (Å²) in [4.78, 5) is 32.6. The Morgan fingerprint density at radius 1 is 1.20 bits per heavy atom. The first-order chi connectivity index (χ1) is 14.4. The average Bonchev–Trinajstić information content (AvgIpc) is 3.02. The van der Waals surface area contributed by atoms with Crippen LogP contribution in [0.4, 0.5) is 11.4 Å². The number of amides is 2. The van der Waals surface area contributed by atoms with E-state index in [2.05, 4.69) is 25.9 Å². The summed E-state index contributed by atoms with van der Waals surface area (Å²) in [5.41, 5.74) is 8.33. The van der Waals surface area contributed by atoms with Crippen molar-refractivity contribution in [1.29, 1.82) is 0 Å². The van der Waals surface area contributed by atoms with E-state index in [1.807, 2.05) is 38.1 Å². The minimum atomic E-state index is -0.863. The van der Waals surface area contributed by atoms with E-state index in [4.69, 9.17) is 10.5 Å². The number of guanidine groups is 2. The highest BCUT2D eigenvalue weighted by Crippen LogP contribution is 2.16. The molecule has 2 amide bonds. The lowest BCUT2D eigenvalue weighted by atomic mass is 10.2. The largest absolute Gasteiger partial charge is 0.494 e. The summed E-state index contributed by atoms with van der Waals surface area (Å²) in [6, 6.07) is 13.7. The van der Waals surface area contributed by atoms with Crippen LogP contribution in [0.5, 0.6) is 5.75 Å². The Balaban J connectivity index is 1.57. The highest BCUT2D eigenvalue weighted by molar-refractivity contribution is 6.11. The maximum atomic E-state index is 12.3. The average molecular weight is 408 g/mol. The Morgan fingerprint density at radius 3 is 2.67 bits per heavy atom. The number of ether oxygens (including phenoxy) is 1. The van der Waals surface area contributed by atoms with E-state index in [9.17, 15) is 9.59 Å². The van der Waals surface area contributed by atoms with Gasteiger partial charge >= 0.3 is 0 Å². The molecule has 0 bridgehead atoms. The van der Waals surface area contributed by atoms with Gasteiger partial charge in [-0.15, -0.1) is 0 Å². The van der Waals surface area contributed by atoms with Crippen LogP contribution in [0.1, 0.15) is 18.9 Å². The summed E-state index contributed by atoms with van der Waals surface area (Å²) in [6.07, 6.45) is -0.108. The Bertz CT molecular complexity index is 984. The summed E-state index contributed by atoms with van der Waals surface area (Å²) >= 11 is 0. The number of benzene rings is 2. The molecule has 9 heteroatoms. The van der Waals surface area contributed by atoms with E-state index in [1.165, 1.54) is 0 Å². The molecule has 2 aromatic rings. The highest BCUT2D eigenvalue weighted by atomic mass is 16.5. The number of nitrogens with two attached hydrogens (primary N) is 1. The molecule has 3 rings (SSSR count). The van der Waals surface area contributed by atoms with Crippen molar-refractivity contribution >= 4 is 35.1 Å². The zero-order valence-electron chi connectivity index (χ0n) is 16.8. The smallest absolute Gasteiger partial charge is 0.252 e. The van der Waals surface area contributed by atoms with Crippen LogP contribution < -0.4 is 26.4 Å². The highest BCUT2D eigenvalue weighted by Gasteiger charge is 2.28. The van der Waals surface area contributed by atoms with Crippen molar-refractivity contribution in [2.24, 2.45) is 15.7 Å². The van der Waals surface area contributed by atoms with Crippen LogP contribution in [0.2, 0.25) is 0 Å². The number of hydrogen-bond donors (Lipinski definition) is 4. The lowest BCUT2D eigenvalue weighted by Crippen LogP contribution is -2.32. The van der Waals surface area contributed by atoms with Crippen molar-refractivity contribution in [3.8, 4) is 5.75 Å². The van der Waals surface area contributed by atoms with Gasteiger partial charge in [0.25, 0.3) is 5.91 Å². The maximum Gasteiger partial charge on any atom is 0.252 e. The van der Waals surface area contributed by atoms with Crippen LogP contribution >= 0.6 is 0 Å². The standard InChI is InChI=1S/C21H24N6O3/c1-3-30-16-9-7-14(8-10-16)23-18(28)12-17-19(29)26-21(25-17)27-20(22)24-15-6-4-5-13(2)11-15/h4-11,17H,3,12H2,1-2H3,(H,23,28)(H4,22,24,25,26,27,29). The Morgan fingerprint density at radius 2 is 1.97 bits per heavy atom. The molecular formula is C21H24N6O3. The van der Waals surface area contributed by atoms with Gasteiger partial charge in [-0.1, -0.05) is 12.1 Å². The molecule has 0 spiro atoms. The molecule has 1 heterocycles. The number of carbonyl (C=O) groups is 2. The second kappa shape index (κ2) is 9.55. The van der Waals surface area contributed by atoms with Crippen molar-refractivity contribution < 1.29 is 14.3 Å². The number of rotatable bonds is 6. The molecule has 156 valence electrons.